The second kappa shape index (κ2) is 12.2. The Kier molecular flexibility index (Phi) is 10.3. The van der Waals surface area contributed by atoms with E-state index < -0.39 is 11.6 Å². The van der Waals surface area contributed by atoms with Crippen LogP contribution in [0.15, 0.2) is 42.5 Å². The van der Waals surface area contributed by atoms with Crippen LogP contribution in [0.1, 0.15) is 48.9 Å². The van der Waals surface area contributed by atoms with E-state index in [2.05, 4.69) is 0 Å². The zero-order valence-electron chi connectivity index (χ0n) is 18.5. The molecular formula is C24H31FN2O4. The molecule has 0 aliphatic heterocycles. The average molecular weight is 431 g/mol. The first-order valence-corrected chi connectivity index (χ1v) is 10.1. The number of carboxylic acids is 1. The van der Waals surface area contributed by atoms with Crippen molar-refractivity contribution < 1.29 is 24.5 Å². The number of benzene rings is 2. The lowest BCUT2D eigenvalue weighted by Gasteiger charge is -2.32. The number of halogens is 1. The van der Waals surface area contributed by atoms with Crippen LogP contribution in [0.25, 0.3) is 0 Å². The van der Waals surface area contributed by atoms with E-state index in [1.165, 1.54) is 12.1 Å². The van der Waals surface area contributed by atoms with Crippen molar-refractivity contribution in [1.29, 1.82) is 5.26 Å². The molecule has 168 valence electrons. The Morgan fingerprint density at radius 3 is 2.23 bits per heavy atom. The molecular weight excluding hydrogens is 399 g/mol. The van der Waals surface area contributed by atoms with Crippen LogP contribution in [0.2, 0.25) is 0 Å². The van der Waals surface area contributed by atoms with Gasteiger partial charge in [-0.3, -0.25) is 4.79 Å². The highest BCUT2D eigenvalue weighted by atomic mass is 19.1. The Bertz CT molecular complexity index is 891. The number of nitrogens with zero attached hydrogens (tertiary/aromatic N) is 2. The van der Waals surface area contributed by atoms with Gasteiger partial charge in [-0.1, -0.05) is 32.0 Å². The lowest BCUT2D eigenvalue weighted by atomic mass is 9.80. The Morgan fingerprint density at radius 2 is 1.77 bits per heavy atom. The third-order valence-electron chi connectivity index (χ3n) is 4.81. The van der Waals surface area contributed by atoms with Crippen molar-refractivity contribution in [3.8, 4) is 6.07 Å². The topological polar surface area (TPSA) is 105 Å². The van der Waals surface area contributed by atoms with E-state index in [0.717, 1.165) is 6.54 Å². The van der Waals surface area contributed by atoms with Crippen molar-refractivity contribution in [2.75, 3.05) is 20.6 Å². The van der Waals surface area contributed by atoms with Gasteiger partial charge in [0, 0.05) is 0 Å². The molecule has 6 nitrogen and oxygen atoms in total. The van der Waals surface area contributed by atoms with Gasteiger partial charge in [-0.2, -0.15) is 5.26 Å². The summed E-state index contributed by atoms with van der Waals surface area (Å²) in [5.74, 6) is -1.35. The maximum absolute atomic E-state index is 13.3. The quantitative estimate of drug-likeness (QED) is 0.592. The molecule has 31 heavy (non-hydrogen) atoms. The van der Waals surface area contributed by atoms with Crippen LogP contribution >= 0.6 is 0 Å². The van der Waals surface area contributed by atoms with Crippen LogP contribution in [0.3, 0.4) is 0 Å². The first kappa shape index (κ1) is 26.2. The zero-order valence-corrected chi connectivity index (χ0v) is 18.5. The molecule has 1 atom stereocenters. The van der Waals surface area contributed by atoms with Gasteiger partial charge in [0.05, 0.1) is 24.2 Å². The molecule has 0 saturated heterocycles. The number of hydrogen-bond donors (Lipinski definition) is 3. The van der Waals surface area contributed by atoms with E-state index in [1.54, 1.807) is 44.2 Å². The highest BCUT2D eigenvalue weighted by molar-refractivity contribution is 5.68. The highest BCUT2D eigenvalue weighted by Crippen LogP contribution is 2.36. The van der Waals surface area contributed by atoms with E-state index in [-0.39, 0.29) is 18.3 Å². The van der Waals surface area contributed by atoms with Gasteiger partial charge in [0.25, 0.3) is 0 Å². The van der Waals surface area contributed by atoms with Gasteiger partial charge in [0.1, 0.15) is 11.4 Å². The molecule has 0 aliphatic rings. The Balaban J connectivity index is 0.000000703. The molecule has 0 aromatic heterocycles. The summed E-state index contributed by atoms with van der Waals surface area (Å²) in [4.78, 5) is 11.7. The molecule has 0 radical (unpaired) electrons. The number of carboxylic acid groups (broad SMARTS) is 1. The summed E-state index contributed by atoms with van der Waals surface area (Å²) >= 11 is 0. The van der Waals surface area contributed by atoms with E-state index in [0.29, 0.717) is 35.1 Å². The van der Waals surface area contributed by atoms with Gasteiger partial charge in [-0.05, 0) is 74.4 Å². The fourth-order valence-corrected chi connectivity index (χ4v) is 3.01. The largest absolute Gasteiger partial charge is 0.481 e. The number of nitriles is 1. The number of aliphatic hydroxyl groups is 2. The van der Waals surface area contributed by atoms with Gasteiger partial charge in [0.2, 0.25) is 0 Å². The second-order valence-electron chi connectivity index (χ2n) is 7.91. The Hall–Kier alpha value is -2.79. The molecule has 0 fully saturated rings. The van der Waals surface area contributed by atoms with Crippen molar-refractivity contribution in [2.45, 2.75) is 38.9 Å². The van der Waals surface area contributed by atoms with Crippen molar-refractivity contribution >= 4 is 5.97 Å². The molecule has 2 rings (SSSR count). The molecule has 0 amide bonds. The molecule has 3 N–H and O–H groups in total. The predicted molar refractivity (Wildman–Crippen MR) is 117 cm³/mol. The van der Waals surface area contributed by atoms with Gasteiger partial charge in [-0.15, -0.1) is 0 Å². The molecule has 0 heterocycles. The monoisotopic (exact) mass is 430 g/mol. The van der Waals surface area contributed by atoms with Crippen LogP contribution in [-0.2, 0) is 17.0 Å². The van der Waals surface area contributed by atoms with E-state index in [9.17, 15) is 19.4 Å². The number of hydrogen-bond acceptors (Lipinski definition) is 5. The van der Waals surface area contributed by atoms with Crippen LogP contribution in [0.5, 0.6) is 0 Å². The summed E-state index contributed by atoms with van der Waals surface area (Å²) < 4.78 is 13.3. The van der Waals surface area contributed by atoms with Gasteiger partial charge in [0.15, 0.2) is 0 Å². The second-order valence-corrected chi connectivity index (χ2v) is 7.91. The van der Waals surface area contributed by atoms with E-state index >= 15 is 0 Å². The van der Waals surface area contributed by atoms with Crippen LogP contribution in [-0.4, -0.2) is 46.8 Å². The number of carbonyl (C=O) groups is 1. The minimum Gasteiger partial charge on any atom is -0.481 e. The molecule has 0 unspecified atom stereocenters. The maximum atomic E-state index is 13.3. The van der Waals surface area contributed by atoms with E-state index in [4.69, 9.17) is 10.4 Å². The first-order chi connectivity index (χ1) is 14.5. The Morgan fingerprint density at radius 1 is 1.19 bits per heavy atom. The van der Waals surface area contributed by atoms with Crippen molar-refractivity contribution in [2.24, 2.45) is 5.92 Å². The number of rotatable bonds is 8. The molecule has 0 saturated carbocycles. The molecule has 0 aliphatic carbocycles. The van der Waals surface area contributed by atoms with Crippen molar-refractivity contribution in [3.63, 3.8) is 0 Å². The SMILES string of the molecule is CC(C)C(=O)O.CN(C)CCC[C@](O)(c1ccc(F)cc1)c1ccc(C#N)cc1CO. The molecule has 2 aromatic rings. The van der Waals surface area contributed by atoms with Crippen molar-refractivity contribution in [3.05, 3.63) is 70.5 Å². The average Bonchev–Trinajstić information content (AvgIpc) is 2.73. The zero-order chi connectivity index (χ0) is 23.6. The Labute approximate surface area is 183 Å². The summed E-state index contributed by atoms with van der Waals surface area (Å²) in [6.45, 7) is 3.78. The maximum Gasteiger partial charge on any atom is 0.305 e. The summed E-state index contributed by atoms with van der Waals surface area (Å²) in [6, 6.07) is 12.7. The summed E-state index contributed by atoms with van der Waals surface area (Å²) in [5, 5.41) is 38.3. The molecule has 0 spiro atoms. The van der Waals surface area contributed by atoms with E-state index in [1.807, 2.05) is 25.1 Å². The molecule has 7 heteroatoms. The fourth-order valence-electron chi connectivity index (χ4n) is 3.01. The lowest BCUT2D eigenvalue weighted by Crippen LogP contribution is -2.30. The van der Waals surface area contributed by atoms with Gasteiger partial charge < -0.3 is 20.2 Å². The van der Waals surface area contributed by atoms with Gasteiger partial charge >= 0.3 is 5.97 Å². The minimum atomic E-state index is -1.37. The minimum absolute atomic E-state index is 0.231. The summed E-state index contributed by atoms with van der Waals surface area (Å²) in [5.41, 5.74) is 0.653. The van der Waals surface area contributed by atoms with Crippen LogP contribution in [0.4, 0.5) is 4.39 Å². The van der Waals surface area contributed by atoms with Crippen molar-refractivity contribution in [1.82, 2.24) is 4.90 Å². The number of aliphatic hydroxyl groups excluding tert-OH is 1. The summed E-state index contributed by atoms with van der Waals surface area (Å²) in [7, 11) is 3.91. The fraction of sp³-hybridized carbons (Fsp3) is 0.417. The lowest BCUT2D eigenvalue weighted by molar-refractivity contribution is -0.140. The van der Waals surface area contributed by atoms with Crippen LogP contribution in [0, 0.1) is 23.1 Å². The standard InChI is InChI=1S/C20H23FN2O2.C4H8O2/c1-23(2)11-3-10-20(25,17-5-7-18(21)8-6-17)19-9-4-15(13-22)12-16(19)14-24;1-3(2)4(5)6/h4-9,12,24-25H,3,10-11,14H2,1-2H3;3H,1-2H3,(H,5,6)/t20-;/m0./s1. The van der Waals surface area contributed by atoms with Gasteiger partial charge in [-0.25, -0.2) is 4.39 Å². The predicted octanol–water partition coefficient (Wildman–Crippen LogP) is 3.49. The summed E-state index contributed by atoms with van der Waals surface area (Å²) in [6.07, 6.45) is 1.13. The third-order valence-corrected chi connectivity index (χ3v) is 4.81. The third kappa shape index (κ3) is 7.76. The highest BCUT2D eigenvalue weighted by Gasteiger charge is 2.33. The normalized spacial score (nSPS) is 12.6. The molecule has 2 aromatic carbocycles. The first-order valence-electron chi connectivity index (χ1n) is 10.1. The van der Waals surface area contributed by atoms with Crippen LogP contribution < -0.4 is 0 Å². The molecule has 0 bridgehead atoms. The smallest absolute Gasteiger partial charge is 0.305 e. The number of aliphatic carboxylic acids is 1.